The Morgan fingerprint density at radius 2 is 1.49 bits per heavy atom. The molecule has 2 aliphatic rings. The summed E-state index contributed by atoms with van der Waals surface area (Å²) in [5.41, 5.74) is 4.96. The van der Waals surface area contributed by atoms with Gasteiger partial charge < -0.3 is 24.3 Å². The van der Waals surface area contributed by atoms with Gasteiger partial charge in [-0.1, -0.05) is 73.2 Å². The van der Waals surface area contributed by atoms with Gasteiger partial charge in [0.15, 0.2) is 0 Å². The van der Waals surface area contributed by atoms with Crippen molar-refractivity contribution in [1.82, 2.24) is 5.32 Å². The fourth-order valence-electron chi connectivity index (χ4n) is 5.33. The molecule has 1 saturated carbocycles. The predicted molar refractivity (Wildman–Crippen MR) is 155 cm³/mol. The number of hydrogen-bond acceptors (Lipinski definition) is 5. The first-order valence-corrected chi connectivity index (χ1v) is 14.7. The Bertz CT molecular complexity index is 1100. The minimum atomic E-state index is 0.144. The van der Waals surface area contributed by atoms with E-state index in [0.29, 0.717) is 39.0 Å². The molecule has 0 radical (unpaired) electrons. The zero-order chi connectivity index (χ0) is 26.5. The Labute approximate surface area is 233 Å². The largest absolute Gasteiger partial charge is 0.494 e. The van der Waals surface area contributed by atoms with Gasteiger partial charge in [0.1, 0.15) is 5.75 Å². The summed E-state index contributed by atoms with van der Waals surface area (Å²) in [7, 11) is 0. The van der Waals surface area contributed by atoms with Crippen molar-refractivity contribution in [3.8, 4) is 5.75 Å². The maximum Gasteiger partial charge on any atom is 0.119 e. The minimum Gasteiger partial charge on any atom is -0.494 e. The average molecular weight is 530 g/mol. The van der Waals surface area contributed by atoms with E-state index in [2.05, 4.69) is 66.0 Å². The van der Waals surface area contributed by atoms with Crippen LogP contribution in [0.1, 0.15) is 60.3 Å². The van der Waals surface area contributed by atoms with Crippen molar-refractivity contribution < 1.29 is 18.9 Å². The van der Waals surface area contributed by atoms with Crippen molar-refractivity contribution in [2.45, 2.75) is 63.9 Å². The fourth-order valence-corrected chi connectivity index (χ4v) is 5.33. The van der Waals surface area contributed by atoms with E-state index in [1.54, 1.807) is 0 Å². The number of ether oxygens (including phenoxy) is 4. The lowest BCUT2D eigenvalue weighted by molar-refractivity contribution is 0.0105. The molecule has 1 heterocycles. The van der Waals surface area contributed by atoms with Crippen molar-refractivity contribution in [1.29, 1.82) is 0 Å². The third kappa shape index (κ3) is 8.91. The molecule has 1 N–H and O–H groups in total. The zero-order valence-corrected chi connectivity index (χ0v) is 23.1. The molecule has 1 aliphatic carbocycles. The third-order valence-electron chi connectivity index (χ3n) is 7.85. The van der Waals surface area contributed by atoms with Crippen molar-refractivity contribution >= 4 is 0 Å². The molecule has 39 heavy (non-hydrogen) atoms. The van der Waals surface area contributed by atoms with Crippen LogP contribution in [0.15, 0.2) is 78.9 Å². The quantitative estimate of drug-likeness (QED) is 0.223. The van der Waals surface area contributed by atoms with Crippen LogP contribution in [0.5, 0.6) is 5.75 Å². The minimum absolute atomic E-state index is 0.144. The summed E-state index contributed by atoms with van der Waals surface area (Å²) in [6.45, 7) is 6.07. The molecule has 3 aromatic carbocycles. The first-order chi connectivity index (χ1) is 19.3. The predicted octanol–water partition coefficient (Wildman–Crippen LogP) is 6.65. The summed E-state index contributed by atoms with van der Waals surface area (Å²) in [5.74, 6) is 2.06. The number of piperidine rings is 1. The van der Waals surface area contributed by atoms with Crippen LogP contribution in [-0.2, 0) is 34.0 Å². The topological polar surface area (TPSA) is 49.0 Å². The summed E-state index contributed by atoms with van der Waals surface area (Å²) in [6, 6.07) is 27.5. The smallest absolute Gasteiger partial charge is 0.119 e. The van der Waals surface area contributed by atoms with Crippen LogP contribution in [-0.4, -0.2) is 39.0 Å². The van der Waals surface area contributed by atoms with Gasteiger partial charge in [-0.2, -0.15) is 0 Å². The van der Waals surface area contributed by atoms with Crippen molar-refractivity contribution in [3.05, 3.63) is 101 Å². The van der Waals surface area contributed by atoms with E-state index < -0.39 is 0 Å². The molecule has 5 rings (SSSR count). The van der Waals surface area contributed by atoms with Gasteiger partial charge >= 0.3 is 0 Å². The van der Waals surface area contributed by atoms with Gasteiger partial charge in [-0.05, 0) is 66.1 Å². The highest BCUT2D eigenvalue weighted by molar-refractivity contribution is 5.31. The lowest BCUT2D eigenvalue weighted by Gasteiger charge is -2.32. The van der Waals surface area contributed by atoms with Crippen LogP contribution < -0.4 is 10.1 Å². The lowest BCUT2D eigenvalue weighted by atomic mass is 9.86. The van der Waals surface area contributed by atoms with Gasteiger partial charge in [-0.15, -0.1) is 0 Å². The van der Waals surface area contributed by atoms with E-state index in [-0.39, 0.29) is 6.10 Å². The van der Waals surface area contributed by atoms with Gasteiger partial charge in [-0.25, -0.2) is 0 Å². The Morgan fingerprint density at radius 1 is 0.718 bits per heavy atom. The number of nitrogens with one attached hydrogen (secondary N) is 1. The highest BCUT2D eigenvalue weighted by Crippen LogP contribution is 2.30. The Morgan fingerprint density at radius 3 is 2.28 bits per heavy atom. The molecule has 5 heteroatoms. The molecule has 2 atom stereocenters. The van der Waals surface area contributed by atoms with Gasteiger partial charge in [0.25, 0.3) is 0 Å². The third-order valence-corrected chi connectivity index (χ3v) is 7.85. The molecule has 2 fully saturated rings. The maximum atomic E-state index is 6.48. The highest BCUT2D eigenvalue weighted by atomic mass is 16.5. The van der Waals surface area contributed by atoms with Crippen LogP contribution in [0.2, 0.25) is 0 Å². The normalized spacial score (nSPS) is 19.5. The number of hydrogen-bond donors (Lipinski definition) is 1. The highest BCUT2D eigenvalue weighted by Gasteiger charge is 2.27. The van der Waals surface area contributed by atoms with Crippen molar-refractivity contribution in [2.75, 3.05) is 32.9 Å². The Hall–Kier alpha value is -2.70. The summed E-state index contributed by atoms with van der Waals surface area (Å²) >= 11 is 0. The molecular weight excluding hydrogens is 486 g/mol. The van der Waals surface area contributed by atoms with Crippen molar-refractivity contribution in [3.63, 3.8) is 0 Å². The van der Waals surface area contributed by atoms with Crippen LogP contribution in [0.4, 0.5) is 0 Å². The van der Waals surface area contributed by atoms with Crippen LogP contribution in [0.3, 0.4) is 0 Å². The summed E-state index contributed by atoms with van der Waals surface area (Å²) in [4.78, 5) is 0. The molecule has 2 unspecified atom stereocenters. The van der Waals surface area contributed by atoms with E-state index in [0.717, 1.165) is 44.2 Å². The lowest BCUT2D eigenvalue weighted by Crippen LogP contribution is -2.40. The van der Waals surface area contributed by atoms with E-state index >= 15 is 0 Å². The van der Waals surface area contributed by atoms with Crippen LogP contribution in [0, 0.1) is 5.92 Å². The van der Waals surface area contributed by atoms with Gasteiger partial charge in [0.05, 0.1) is 39.1 Å². The second-order valence-corrected chi connectivity index (χ2v) is 10.9. The molecule has 0 amide bonds. The Kier molecular flexibility index (Phi) is 10.8. The summed E-state index contributed by atoms with van der Waals surface area (Å²) < 4.78 is 24.1. The second-order valence-electron chi connectivity index (χ2n) is 10.9. The molecule has 1 saturated heterocycles. The standard InChI is InChI=1S/C34H43NO4/c1-2-7-27(8-3-1)23-36-19-6-20-38-32-15-13-31(14-16-32)33-17-18-35-22-34(33)39-26-30-12-5-11-29(21-30)25-37-24-28-9-4-10-28/h1-3,5,7-8,11-16,21,28,33-35H,4,6,9-10,17-20,22-26H2. The van der Waals surface area contributed by atoms with E-state index in [9.17, 15) is 0 Å². The van der Waals surface area contributed by atoms with Gasteiger partial charge in [0, 0.05) is 25.5 Å². The first kappa shape index (κ1) is 27.9. The average Bonchev–Trinajstić information content (AvgIpc) is 2.96. The molecule has 0 aromatic heterocycles. The number of benzene rings is 3. The molecule has 1 aliphatic heterocycles. The molecule has 3 aromatic rings. The molecule has 0 spiro atoms. The van der Waals surface area contributed by atoms with E-state index in [1.807, 2.05) is 18.2 Å². The number of rotatable bonds is 15. The van der Waals surface area contributed by atoms with Crippen LogP contribution in [0.25, 0.3) is 0 Å². The van der Waals surface area contributed by atoms with Crippen LogP contribution >= 0.6 is 0 Å². The second kappa shape index (κ2) is 15.2. The molecular formula is C34H43NO4. The van der Waals surface area contributed by atoms with Gasteiger partial charge in [0.2, 0.25) is 0 Å². The first-order valence-electron chi connectivity index (χ1n) is 14.7. The molecule has 0 bridgehead atoms. The molecule has 5 nitrogen and oxygen atoms in total. The fraction of sp³-hybridized carbons (Fsp3) is 0.471. The van der Waals surface area contributed by atoms with Gasteiger partial charge in [-0.3, -0.25) is 0 Å². The summed E-state index contributed by atoms with van der Waals surface area (Å²) in [5, 5.41) is 3.52. The molecule has 208 valence electrons. The monoisotopic (exact) mass is 529 g/mol. The Balaban J connectivity index is 1.04. The van der Waals surface area contributed by atoms with E-state index in [1.165, 1.54) is 41.5 Å². The van der Waals surface area contributed by atoms with Crippen molar-refractivity contribution in [2.24, 2.45) is 5.92 Å². The zero-order valence-electron chi connectivity index (χ0n) is 23.1. The summed E-state index contributed by atoms with van der Waals surface area (Å²) in [6.07, 6.45) is 6.09. The SMILES string of the molecule is c1ccc(COCCCOc2ccc(C3CCNCC3OCc3cccc(COCC4CCC4)c3)cc2)cc1. The maximum absolute atomic E-state index is 6.48. The van der Waals surface area contributed by atoms with E-state index in [4.69, 9.17) is 18.9 Å².